The summed E-state index contributed by atoms with van der Waals surface area (Å²) in [5.74, 6) is 12.5. The Morgan fingerprint density at radius 1 is 0.600 bits per heavy atom. The van der Waals surface area contributed by atoms with E-state index in [1.54, 1.807) is 0 Å². The van der Waals surface area contributed by atoms with Gasteiger partial charge in [-0.15, -0.1) is 5.92 Å². The van der Waals surface area contributed by atoms with Crippen molar-refractivity contribution < 1.29 is 18.9 Å². The van der Waals surface area contributed by atoms with Gasteiger partial charge < -0.3 is 0 Å². The van der Waals surface area contributed by atoms with Crippen LogP contribution in [0.15, 0.2) is 91.0 Å². The van der Waals surface area contributed by atoms with Crippen molar-refractivity contribution in [3.05, 3.63) is 114 Å². The third-order valence-electron chi connectivity index (χ3n) is 3.34. The molecule has 0 spiro atoms. The summed E-state index contributed by atoms with van der Waals surface area (Å²) < 4.78 is 0. The first-order valence-electron chi connectivity index (χ1n) is 7.73. The minimum absolute atomic E-state index is 0. The summed E-state index contributed by atoms with van der Waals surface area (Å²) in [6.45, 7) is 0. The molecule has 112 valence electrons. The predicted molar refractivity (Wildman–Crippen MR) is 99.7 cm³/mol. The summed E-state index contributed by atoms with van der Waals surface area (Å²) in [7, 11) is 0. The zero-order valence-corrected chi connectivity index (χ0v) is 14.2. The SMILES string of the molecule is C(#Cc1ccccc1)[C-]=C(C#Cc1ccccc1)c1ccccc1.[Li+]. The van der Waals surface area contributed by atoms with Crippen molar-refractivity contribution in [2.75, 3.05) is 0 Å². The van der Waals surface area contributed by atoms with Crippen LogP contribution < -0.4 is 18.9 Å². The van der Waals surface area contributed by atoms with Crippen molar-refractivity contribution in [1.29, 1.82) is 0 Å². The molecule has 0 fully saturated rings. The molecule has 0 N–H and O–H groups in total. The van der Waals surface area contributed by atoms with E-state index >= 15 is 0 Å². The van der Waals surface area contributed by atoms with Gasteiger partial charge in [-0.1, -0.05) is 96.1 Å². The van der Waals surface area contributed by atoms with E-state index in [0.29, 0.717) is 0 Å². The van der Waals surface area contributed by atoms with Crippen LogP contribution in [0, 0.1) is 29.8 Å². The monoisotopic (exact) mass is 310 g/mol. The van der Waals surface area contributed by atoms with E-state index in [1.807, 2.05) is 91.0 Å². The van der Waals surface area contributed by atoms with Crippen molar-refractivity contribution in [3.63, 3.8) is 0 Å². The van der Waals surface area contributed by atoms with Crippen molar-refractivity contribution in [2.24, 2.45) is 0 Å². The number of hydrogen-bond acceptors (Lipinski definition) is 0. The molecule has 0 saturated carbocycles. The van der Waals surface area contributed by atoms with Gasteiger partial charge in [0.25, 0.3) is 0 Å². The fraction of sp³-hybridized carbons (Fsp3) is 0. The van der Waals surface area contributed by atoms with Crippen LogP contribution >= 0.6 is 0 Å². The first-order chi connectivity index (χ1) is 11.9. The molecule has 0 aliphatic heterocycles. The average molecular weight is 310 g/mol. The van der Waals surface area contributed by atoms with Gasteiger partial charge in [0.2, 0.25) is 0 Å². The second kappa shape index (κ2) is 10.1. The van der Waals surface area contributed by atoms with E-state index in [0.717, 1.165) is 22.3 Å². The molecule has 0 radical (unpaired) electrons. The normalized spacial score (nSPS) is 9.68. The number of hydrogen-bond donors (Lipinski definition) is 0. The smallest absolute Gasteiger partial charge is 0.185 e. The van der Waals surface area contributed by atoms with Crippen LogP contribution in [0.5, 0.6) is 0 Å². The van der Waals surface area contributed by atoms with Crippen molar-refractivity contribution in [3.8, 4) is 23.7 Å². The molecule has 0 heterocycles. The van der Waals surface area contributed by atoms with E-state index in [9.17, 15) is 0 Å². The molecule has 0 aromatic heterocycles. The summed E-state index contributed by atoms with van der Waals surface area (Å²) in [6.07, 6.45) is 3.14. The van der Waals surface area contributed by atoms with Gasteiger partial charge in [0.15, 0.2) is 0 Å². The first-order valence-corrected chi connectivity index (χ1v) is 7.73. The molecule has 0 aliphatic carbocycles. The van der Waals surface area contributed by atoms with Crippen LogP contribution in [-0.2, 0) is 0 Å². The molecule has 3 aromatic rings. The molecule has 0 saturated heterocycles. The van der Waals surface area contributed by atoms with Gasteiger partial charge in [-0.2, -0.15) is 17.8 Å². The van der Waals surface area contributed by atoms with Crippen LogP contribution in [0.4, 0.5) is 0 Å². The zero-order valence-electron chi connectivity index (χ0n) is 14.2. The Balaban J connectivity index is 0.00000225. The molecule has 25 heavy (non-hydrogen) atoms. The van der Waals surface area contributed by atoms with E-state index in [4.69, 9.17) is 0 Å². The molecule has 0 amide bonds. The summed E-state index contributed by atoms with van der Waals surface area (Å²) in [4.78, 5) is 0. The van der Waals surface area contributed by atoms with E-state index < -0.39 is 0 Å². The van der Waals surface area contributed by atoms with Crippen LogP contribution in [0.25, 0.3) is 5.57 Å². The Hall–Kier alpha value is -2.88. The molecule has 0 aliphatic rings. The topological polar surface area (TPSA) is 0 Å². The van der Waals surface area contributed by atoms with E-state index in [2.05, 4.69) is 29.8 Å². The molecule has 0 atom stereocenters. The summed E-state index contributed by atoms with van der Waals surface area (Å²) in [5, 5.41) is 0. The van der Waals surface area contributed by atoms with Gasteiger partial charge in [0.1, 0.15) is 0 Å². The Morgan fingerprint density at radius 3 is 1.64 bits per heavy atom. The minimum atomic E-state index is 0. The number of allylic oxidation sites excluding steroid dienone is 2. The van der Waals surface area contributed by atoms with Gasteiger partial charge >= 0.3 is 18.9 Å². The fourth-order valence-electron chi connectivity index (χ4n) is 2.12. The molecule has 1 heteroatoms. The van der Waals surface area contributed by atoms with Crippen molar-refractivity contribution in [1.82, 2.24) is 0 Å². The fourth-order valence-corrected chi connectivity index (χ4v) is 2.12. The maximum absolute atomic E-state index is 3.19. The zero-order chi connectivity index (χ0) is 16.5. The van der Waals surface area contributed by atoms with Gasteiger partial charge in [0, 0.05) is 5.56 Å². The summed E-state index contributed by atoms with van der Waals surface area (Å²) in [5.41, 5.74) is 3.75. The number of benzene rings is 3. The summed E-state index contributed by atoms with van der Waals surface area (Å²) in [6, 6.07) is 29.8. The maximum atomic E-state index is 3.19. The Morgan fingerprint density at radius 2 is 1.08 bits per heavy atom. The Bertz CT molecular complexity index is 932. The molecule has 3 aromatic carbocycles. The van der Waals surface area contributed by atoms with Crippen molar-refractivity contribution >= 4 is 5.57 Å². The molecule has 0 bridgehead atoms. The van der Waals surface area contributed by atoms with Gasteiger partial charge in [-0.25, -0.2) is 0 Å². The third-order valence-corrected chi connectivity index (χ3v) is 3.34. The second-order valence-corrected chi connectivity index (χ2v) is 5.10. The van der Waals surface area contributed by atoms with Crippen LogP contribution in [0.1, 0.15) is 16.7 Å². The van der Waals surface area contributed by atoms with Crippen LogP contribution in [-0.4, -0.2) is 0 Å². The molecule has 0 unspecified atom stereocenters. The van der Waals surface area contributed by atoms with Crippen LogP contribution in [0.2, 0.25) is 0 Å². The molecule has 3 rings (SSSR count). The van der Waals surface area contributed by atoms with Crippen molar-refractivity contribution in [2.45, 2.75) is 0 Å². The van der Waals surface area contributed by atoms with Gasteiger partial charge in [-0.3, -0.25) is 0 Å². The number of rotatable bonds is 1. The second-order valence-electron chi connectivity index (χ2n) is 5.10. The quantitative estimate of drug-likeness (QED) is 0.366. The Kier molecular flexibility index (Phi) is 7.44. The molecule has 0 nitrogen and oxygen atoms in total. The predicted octanol–water partition coefficient (Wildman–Crippen LogP) is 1.98. The molecular formula is C24H15Li. The van der Waals surface area contributed by atoms with Gasteiger partial charge in [-0.05, 0) is 17.7 Å². The summed E-state index contributed by atoms with van der Waals surface area (Å²) >= 11 is 0. The van der Waals surface area contributed by atoms with Gasteiger partial charge in [0.05, 0.1) is 0 Å². The standard InChI is InChI=1S/C24H15.Li/c1-4-11-21(12-5-1)15-10-18-24(23-16-8-3-9-17-23)20-19-22-13-6-2-7-14-22;/h1-9,11-14,16-17H;/q-1;+1. The average Bonchev–Trinajstić information content (AvgIpc) is 2.67. The molecular weight excluding hydrogens is 295 g/mol. The van der Waals surface area contributed by atoms with Crippen LogP contribution in [0.3, 0.4) is 0 Å². The Labute approximate surface area is 161 Å². The minimum Gasteiger partial charge on any atom is -0.185 e. The first kappa shape index (κ1) is 18.5. The van der Waals surface area contributed by atoms with E-state index in [1.165, 1.54) is 0 Å². The maximum Gasteiger partial charge on any atom is 1.00 e. The van der Waals surface area contributed by atoms with E-state index in [-0.39, 0.29) is 18.9 Å². The largest absolute Gasteiger partial charge is 1.00 e. The third kappa shape index (κ3) is 5.92.